The van der Waals surface area contributed by atoms with E-state index in [0.29, 0.717) is 0 Å². The number of allylic oxidation sites excluding steroid dienone is 1. The molecule has 1 saturated carbocycles. The van der Waals surface area contributed by atoms with Crippen molar-refractivity contribution < 1.29 is 0 Å². The maximum absolute atomic E-state index is 4.15. The molecule has 0 amide bonds. The van der Waals surface area contributed by atoms with E-state index in [9.17, 15) is 0 Å². The van der Waals surface area contributed by atoms with Crippen molar-refractivity contribution in [1.29, 1.82) is 0 Å². The Balaban J connectivity index is 2.09. The third-order valence-electron chi connectivity index (χ3n) is 3.25. The molecule has 1 heterocycles. The molecule has 1 nitrogen and oxygen atoms in total. The SMILES string of the molecule is C=C1CC2CCCC(=C)C2CN1. The summed E-state index contributed by atoms with van der Waals surface area (Å²) < 4.78 is 0. The third-order valence-corrected chi connectivity index (χ3v) is 3.25. The lowest BCUT2D eigenvalue weighted by Gasteiger charge is -2.38. The molecule has 2 aliphatic rings. The van der Waals surface area contributed by atoms with E-state index in [2.05, 4.69) is 18.5 Å². The molecule has 1 saturated heterocycles. The van der Waals surface area contributed by atoms with E-state index in [-0.39, 0.29) is 0 Å². The van der Waals surface area contributed by atoms with Crippen molar-refractivity contribution in [3.63, 3.8) is 0 Å². The van der Waals surface area contributed by atoms with Crippen molar-refractivity contribution in [2.45, 2.75) is 25.7 Å². The van der Waals surface area contributed by atoms with Crippen LogP contribution in [0.1, 0.15) is 25.7 Å². The predicted molar refractivity (Wildman–Crippen MR) is 51.7 cm³/mol. The molecule has 1 aliphatic carbocycles. The highest BCUT2D eigenvalue weighted by molar-refractivity contribution is 5.13. The summed E-state index contributed by atoms with van der Waals surface area (Å²) in [6.07, 6.45) is 5.14. The van der Waals surface area contributed by atoms with Crippen LogP contribution in [-0.2, 0) is 0 Å². The number of hydrogen-bond donors (Lipinski definition) is 1. The number of piperidine rings is 1. The lowest BCUT2D eigenvalue weighted by atomic mass is 9.72. The van der Waals surface area contributed by atoms with Crippen molar-refractivity contribution in [3.05, 3.63) is 24.4 Å². The summed E-state index contributed by atoms with van der Waals surface area (Å²) in [6.45, 7) is 9.23. The Hall–Kier alpha value is -0.720. The largest absolute Gasteiger partial charge is 0.388 e. The highest BCUT2D eigenvalue weighted by atomic mass is 14.9. The van der Waals surface area contributed by atoms with E-state index in [1.54, 1.807) is 0 Å². The summed E-state index contributed by atoms with van der Waals surface area (Å²) in [5, 5.41) is 3.36. The lowest BCUT2D eigenvalue weighted by molar-refractivity contribution is 0.264. The van der Waals surface area contributed by atoms with Gasteiger partial charge in [0.1, 0.15) is 0 Å². The second kappa shape index (κ2) is 2.96. The molecule has 2 fully saturated rings. The third kappa shape index (κ3) is 1.28. The van der Waals surface area contributed by atoms with Gasteiger partial charge in [0.05, 0.1) is 0 Å². The van der Waals surface area contributed by atoms with Gasteiger partial charge in [-0.1, -0.05) is 18.7 Å². The van der Waals surface area contributed by atoms with Crippen LogP contribution in [0.15, 0.2) is 24.4 Å². The van der Waals surface area contributed by atoms with E-state index in [1.807, 2.05) is 0 Å². The number of hydrogen-bond acceptors (Lipinski definition) is 1. The van der Waals surface area contributed by atoms with E-state index >= 15 is 0 Å². The first-order valence-electron chi connectivity index (χ1n) is 4.86. The molecular weight excluding hydrogens is 146 g/mol. The van der Waals surface area contributed by atoms with Gasteiger partial charge in [-0.05, 0) is 37.5 Å². The lowest BCUT2D eigenvalue weighted by Crippen LogP contribution is -2.37. The zero-order chi connectivity index (χ0) is 8.55. The summed E-state index contributed by atoms with van der Waals surface area (Å²) in [5.74, 6) is 1.59. The highest BCUT2D eigenvalue weighted by Gasteiger charge is 2.30. The van der Waals surface area contributed by atoms with Gasteiger partial charge >= 0.3 is 0 Å². The van der Waals surface area contributed by atoms with Crippen LogP contribution >= 0.6 is 0 Å². The summed E-state index contributed by atoms with van der Waals surface area (Å²) in [5.41, 5.74) is 2.69. The van der Waals surface area contributed by atoms with E-state index in [1.165, 1.54) is 37.0 Å². The molecule has 1 aliphatic heterocycles. The Labute approximate surface area is 74.5 Å². The second-order valence-corrected chi connectivity index (χ2v) is 4.11. The molecular formula is C11H17N. The Morgan fingerprint density at radius 2 is 2.17 bits per heavy atom. The first kappa shape index (κ1) is 7.90. The molecule has 2 rings (SSSR count). The standard InChI is InChI=1S/C11H17N/c1-8-4-3-5-10-6-9(2)12-7-11(8)10/h10-12H,1-7H2. The van der Waals surface area contributed by atoms with Crippen molar-refractivity contribution in [1.82, 2.24) is 5.32 Å². The monoisotopic (exact) mass is 163 g/mol. The van der Waals surface area contributed by atoms with Crippen molar-refractivity contribution >= 4 is 0 Å². The minimum Gasteiger partial charge on any atom is -0.388 e. The summed E-state index contributed by atoms with van der Waals surface area (Å²) in [4.78, 5) is 0. The maximum atomic E-state index is 4.15. The molecule has 0 bridgehead atoms. The predicted octanol–water partition coefficient (Wildman–Crippen LogP) is 2.47. The maximum Gasteiger partial charge on any atom is 0.0212 e. The van der Waals surface area contributed by atoms with Crippen LogP contribution in [0.3, 0.4) is 0 Å². The van der Waals surface area contributed by atoms with Gasteiger partial charge in [-0.2, -0.15) is 0 Å². The molecule has 1 N–H and O–H groups in total. The molecule has 0 radical (unpaired) electrons. The zero-order valence-electron chi connectivity index (χ0n) is 7.60. The van der Waals surface area contributed by atoms with E-state index in [4.69, 9.17) is 0 Å². The van der Waals surface area contributed by atoms with Gasteiger partial charge in [0.2, 0.25) is 0 Å². The van der Waals surface area contributed by atoms with Crippen LogP contribution in [-0.4, -0.2) is 6.54 Å². The average Bonchev–Trinajstić information content (AvgIpc) is 2.04. The second-order valence-electron chi connectivity index (χ2n) is 4.11. The molecule has 1 heteroatoms. The topological polar surface area (TPSA) is 12.0 Å². The normalized spacial score (nSPS) is 35.7. The molecule has 2 unspecified atom stereocenters. The molecule has 0 aromatic heterocycles. The first-order valence-corrected chi connectivity index (χ1v) is 4.86. The smallest absolute Gasteiger partial charge is 0.0212 e. The van der Waals surface area contributed by atoms with Gasteiger partial charge in [-0.15, -0.1) is 0 Å². The minimum absolute atomic E-state index is 0.740. The molecule has 0 spiro atoms. The molecule has 0 aromatic rings. The minimum atomic E-state index is 0.740. The molecule has 66 valence electrons. The fourth-order valence-corrected chi connectivity index (χ4v) is 2.51. The summed E-state index contributed by atoms with van der Waals surface area (Å²) in [6, 6.07) is 0. The average molecular weight is 163 g/mol. The van der Waals surface area contributed by atoms with Crippen molar-refractivity contribution in [2.75, 3.05) is 6.54 Å². The van der Waals surface area contributed by atoms with Crippen molar-refractivity contribution in [2.24, 2.45) is 11.8 Å². The summed E-state index contributed by atoms with van der Waals surface area (Å²) >= 11 is 0. The molecule has 0 aromatic carbocycles. The van der Waals surface area contributed by atoms with Gasteiger partial charge in [0, 0.05) is 12.2 Å². The summed E-state index contributed by atoms with van der Waals surface area (Å²) in [7, 11) is 0. The number of nitrogens with one attached hydrogen (secondary N) is 1. The quantitative estimate of drug-likeness (QED) is 0.541. The highest BCUT2D eigenvalue weighted by Crippen LogP contribution is 2.38. The van der Waals surface area contributed by atoms with E-state index in [0.717, 1.165) is 18.4 Å². The Morgan fingerprint density at radius 3 is 3.00 bits per heavy atom. The molecule has 2 atom stereocenters. The fraction of sp³-hybridized carbons (Fsp3) is 0.636. The van der Waals surface area contributed by atoms with Crippen LogP contribution in [0.4, 0.5) is 0 Å². The Bertz CT molecular complexity index is 217. The zero-order valence-corrected chi connectivity index (χ0v) is 7.60. The van der Waals surface area contributed by atoms with Crippen LogP contribution in [0.2, 0.25) is 0 Å². The van der Waals surface area contributed by atoms with Crippen LogP contribution < -0.4 is 5.32 Å². The van der Waals surface area contributed by atoms with Crippen LogP contribution in [0, 0.1) is 11.8 Å². The van der Waals surface area contributed by atoms with E-state index < -0.39 is 0 Å². The van der Waals surface area contributed by atoms with Gasteiger partial charge in [-0.3, -0.25) is 0 Å². The van der Waals surface area contributed by atoms with Crippen LogP contribution in [0.5, 0.6) is 0 Å². The molecule has 12 heavy (non-hydrogen) atoms. The fourth-order valence-electron chi connectivity index (χ4n) is 2.51. The number of rotatable bonds is 0. The van der Waals surface area contributed by atoms with Gasteiger partial charge < -0.3 is 5.32 Å². The Morgan fingerprint density at radius 1 is 1.33 bits per heavy atom. The van der Waals surface area contributed by atoms with Crippen molar-refractivity contribution in [3.8, 4) is 0 Å². The number of fused-ring (bicyclic) bond motifs is 1. The Kier molecular flexibility index (Phi) is 1.95. The first-order chi connectivity index (χ1) is 5.77. The van der Waals surface area contributed by atoms with Gasteiger partial charge in [0.15, 0.2) is 0 Å². The van der Waals surface area contributed by atoms with Gasteiger partial charge in [0.25, 0.3) is 0 Å². The van der Waals surface area contributed by atoms with Gasteiger partial charge in [-0.25, -0.2) is 0 Å². The van der Waals surface area contributed by atoms with Crippen LogP contribution in [0.25, 0.3) is 0 Å².